The fourth-order valence-electron chi connectivity index (χ4n) is 2.41. The predicted molar refractivity (Wildman–Crippen MR) is 107 cm³/mol. The number of carbonyl (C=O) groups excluding carboxylic acids is 1. The Morgan fingerprint density at radius 2 is 1.89 bits per heavy atom. The van der Waals surface area contributed by atoms with Crippen LogP contribution in [0.2, 0.25) is 0 Å². The van der Waals surface area contributed by atoms with Crippen LogP contribution in [0.1, 0.15) is 5.56 Å². The fraction of sp³-hybridized carbons (Fsp3) is 0.167. The molecule has 10 heteroatoms. The molecule has 1 N–H and O–H groups in total. The lowest BCUT2D eigenvalue weighted by Crippen LogP contribution is -2.37. The zero-order valence-corrected chi connectivity index (χ0v) is 16.7. The zero-order chi connectivity index (χ0) is 20.3. The SMILES string of the molecule is Cc1ccc(-c2nnc(NC(=O)CN(c3cccc(F)c3)S(C)(=O)=O)s2)cc1. The van der Waals surface area contributed by atoms with Gasteiger partial charge in [0, 0.05) is 5.56 Å². The van der Waals surface area contributed by atoms with Gasteiger partial charge in [0.1, 0.15) is 17.4 Å². The number of halogens is 1. The molecule has 146 valence electrons. The summed E-state index contributed by atoms with van der Waals surface area (Å²) in [6.07, 6.45) is 0.950. The molecular formula is C18H17FN4O3S2. The molecule has 0 saturated carbocycles. The molecule has 0 unspecified atom stereocenters. The molecule has 0 bridgehead atoms. The molecule has 0 radical (unpaired) electrons. The van der Waals surface area contributed by atoms with Crippen molar-refractivity contribution in [3.05, 3.63) is 59.9 Å². The van der Waals surface area contributed by atoms with Gasteiger partial charge in [-0.15, -0.1) is 10.2 Å². The average molecular weight is 420 g/mol. The summed E-state index contributed by atoms with van der Waals surface area (Å²) in [6.45, 7) is 1.46. The van der Waals surface area contributed by atoms with E-state index in [1.165, 1.54) is 29.5 Å². The van der Waals surface area contributed by atoms with Crippen LogP contribution in [-0.4, -0.2) is 37.3 Å². The second kappa shape index (κ2) is 8.03. The number of nitrogens with one attached hydrogen (secondary N) is 1. The number of carbonyl (C=O) groups is 1. The Bertz CT molecular complexity index is 1100. The molecule has 7 nitrogen and oxygen atoms in total. The van der Waals surface area contributed by atoms with E-state index in [0.717, 1.165) is 27.8 Å². The Morgan fingerprint density at radius 3 is 2.54 bits per heavy atom. The summed E-state index contributed by atoms with van der Waals surface area (Å²) in [4.78, 5) is 12.3. The first-order chi connectivity index (χ1) is 13.2. The first kappa shape index (κ1) is 19.9. The lowest BCUT2D eigenvalue weighted by atomic mass is 10.2. The van der Waals surface area contributed by atoms with Crippen LogP contribution in [0.15, 0.2) is 48.5 Å². The monoisotopic (exact) mass is 420 g/mol. The largest absolute Gasteiger partial charge is 0.299 e. The van der Waals surface area contributed by atoms with Crippen molar-refractivity contribution in [1.82, 2.24) is 10.2 Å². The van der Waals surface area contributed by atoms with Crippen molar-refractivity contribution in [2.24, 2.45) is 0 Å². The van der Waals surface area contributed by atoms with E-state index in [1.807, 2.05) is 31.2 Å². The number of hydrogen-bond donors (Lipinski definition) is 1. The van der Waals surface area contributed by atoms with Crippen LogP contribution in [0.3, 0.4) is 0 Å². The average Bonchev–Trinajstić information content (AvgIpc) is 3.07. The van der Waals surface area contributed by atoms with Crippen LogP contribution in [-0.2, 0) is 14.8 Å². The number of anilines is 2. The number of rotatable bonds is 6. The van der Waals surface area contributed by atoms with Crippen LogP contribution >= 0.6 is 11.3 Å². The van der Waals surface area contributed by atoms with Crippen LogP contribution in [0, 0.1) is 12.7 Å². The summed E-state index contributed by atoms with van der Waals surface area (Å²) in [5.41, 5.74) is 2.04. The normalized spacial score (nSPS) is 11.2. The van der Waals surface area contributed by atoms with Gasteiger partial charge >= 0.3 is 0 Å². The third kappa shape index (κ3) is 4.90. The maximum absolute atomic E-state index is 13.5. The highest BCUT2D eigenvalue weighted by atomic mass is 32.2. The second-order valence-corrected chi connectivity index (χ2v) is 8.96. The van der Waals surface area contributed by atoms with Gasteiger partial charge < -0.3 is 0 Å². The lowest BCUT2D eigenvalue weighted by molar-refractivity contribution is -0.114. The first-order valence-electron chi connectivity index (χ1n) is 8.16. The van der Waals surface area contributed by atoms with Gasteiger partial charge in [-0.25, -0.2) is 12.8 Å². The predicted octanol–water partition coefficient (Wildman–Crippen LogP) is 3.06. The van der Waals surface area contributed by atoms with Crippen molar-refractivity contribution < 1.29 is 17.6 Å². The number of sulfonamides is 1. The number of hydrogen-bond acceptors (Lipinski definition) is 6. The number of amides is 1. The zero-order valence-electron chi connectivity index (χ0n) is 15.1. The molecule has 0 aliphatic heterocycles. The van der Waals surface area contributed by atoms with Crippen LogP contribution in [0.5, 0.6) is 0 Å². The second-order valence-electron chi connectivity index (χ2n) is 6.08. The van der Waals surface area contributed by atoms with Crippen LogP contribution < -0.4 is 9.62 Å². The Morgan fingerprint density at radius 1 is 1.18 bits per heavy atom. The summed E-state index contributed by atoms with van der Waals surface area (Å²) in [6, 6.07) is 12.7. The van der Waals surface area contributed by atoms with Crippen molar-refractivity contribution in [3.63, 3.8) is 0 Å². The van der Waals surface area contributed by atoms with E-state index in [9.17, 15) is 17.6 Å². The van der Waals surface area contributed by atoms with Gasteiger partial charge in [0.15, 0.2) is 0 Å². The molecule has 0 spiro atoms. The summed E-state index contributed by atoms with van der Waals surface area (Å²) in [7, 11) is -3.79. The van der Waals surface area contributed by atoms with Crippen LogP contribution in [0.4, 0.5) is 15.2 Å². The summed E-state index contributed by atoms with van der Waals surface area (Å²) >= 11 is 1.17. The first-order valence-corrected chi connectivity index (χ1v) is 10.8. The van der Waals surface area contributed by atoms with Gasteiger partial charge in [-0.3, -0.25) is 14.4 Å². The molecule has 1 heterocycles. The number of nitrogens with zero attached hydrogens (tertiary/aromatic N) is 3. The molecular weight excluding hydrogens is 403 g/mol. The topological polar surface area (TPSA) is 92.3 Å². The Labute approximate surface area is 165 Å². The fourth-order valence-corrected chi connectivity index (χ4v) is 4.02. The van der Waals surface area contributed by atoms with Gasteiger partial charge in [-0.2, -0.15) is 0 Å². The van der Waals surface area contributed by atoms with E-state index >= 15 is 0 Å². The van der Waals surface area contributed by atoms with Gasteiger partial charge in [0.05, 0.1) is 11.9 Å². The minimum absolute atomic E-state index is 0.0651. The minimum atomic E-state index is -3.79. The van der Waals surface area contributed by atoms with E-state index in [1.54, 1.807) is 0 Å². The lowest BCUT2D eigenvalue weighted by Gasteiger charge is -2.21. The standard InChI is InChI=1S/C18H17FN4O3S2/c1-12-6-8-13(9-7-12)17-21-22-18(27-17)20-16(24)11-23(28(2,25)26)15-5-3-4-14(19)10-15/h3-10H,11H2,1-2H3,(H,20,22,24). The minimum Gasteiger partial charge on any atom is -0.299 e. The van der Waals surface area contributed by atoms with Crippen molar-refractivity contribution >= 4 is 38.1 Å². The molecule has 0 aliphatic rings. The van der Waals surface area contributed by atoms with Crippen molar-refractivity contribution in [2.45, 2.75) is 6.92 Å². The molecule has 1 aromatic heterocycles. The summed E-state index contributed by atoms with van der Waals surface area (Å²) < 4.78 is 38.4. The quantitative estimate of drug-likeness (QED) is 0.662. The molecule has 2 aromatic carbocycles. The summed E-state index contributed by atoms with van der Waals surface area (Å²) in [5, 5.41) is 11.4. The Balaban J connectivity index is 1.74. The van der Waals surface area contributed by atoms with E-state index in [4.69, 9.17) is 0 Å². The van der Waals surface area contributed by atoms with Gasteiger partial charge in [-0.05, 0) is 25.1 Å². The number of aromatic nitrogens is 2. The molecule has 0 fully saturated rings. The van der Waals surface area contributed by atoms with E-state index in [0.29, 0.717) is 5.01 Å². The maximum atomic E-state index is 13.5. The molecule has 3 rings (SSSR count). The molecule has 3 aromatic rings. The smallest absolute Gasteiger partial charge is 0.246 e. The van der Waals surface area contributed by atoms with Gasteiger partial charge in [-0.1, -0.05) is 47.2 Å². The number of aryl methyl sites for hydroxylation is 1. The van der Waals surface area contributed by atoms with Crippen LogP contribution in [0.25, 0.3) is 10.6 Å². The van der Waals surface area contributed by atoms with Gasteiger partial charge in [0.2, 0.25) is 21.1 Å². The van der Waals surface area contributed by atoms with Crippen molar-refractivity contribution in [3.8, 4) is 10.6 Å². The Kier molecular flexibility index (Phi) is 5.71. The molecule has 28 heavy (non-hydrogen) atoms. The molecule has 1 amide bonds. The number of benzene rings is 2. The van der Waals surface area contributed by atoms with Crippen molar-refractivity contribution in [1.29, 1.82) is 0 Å². The Hall–Kier alpha value is -2.85. The van der Waals surface area contributed by atoms with Gasteiger partial charge in [0.25, 0.3) is 0 Å². The van der Waals surface area contributed by atoms with E-state index in [2.05, 4.69) is 15.5 Å². The highest BCUT2D eigenvalue weighted by Gasteiger charge is 2.22. The summed E-state index contributed by atoms with van der Waals surface area (Å²) in [5.74, 6) is -1.21. The van der Waals surface area contributed by atoms with E-state index in [-0.39, 0.29) is 10.8 Å². The van der Waals surface area contributed by atoms with E-state index < -0.39 is 28.3 Å². The molecule has 0 atom stereocenters. The molecule has 0 saturated heterocycles. The highest BCUT2D eigenvalue weighted by molar-refractivity contribution is 7.92. The van der Waals surface area contributed by atoms with Crippen molar-refractivity contribution in [2.75, 3.05) is 22.4 Å². The third-order valence-corrected chi connectivity index (χ3v) is 5.78. The highest BCUT2D eigenvalue weighted by Crippen LogP contribution is 2.26. The molecule has 0 aliphatic carbocycles. The third-order valence-electron chi connectivity index (χ3n) is 3.75. The maximum Gasteiger partial charge on any atom is 0.246 e.